The first kappa shape index (κ1) is 28.4. The van der Waals surface area contributed by atoms with Crippen molar-refractivity contribution in [2.75, 3.05) is 5.32 Å². The van der Waals surface area contributed by atoms with E-state index in [0.717, 1.165) is 53.5 Å². The fourth-order valence-corrected chi connectivity index (χ4v) is 3.94. The number of aromatic nitrogens is 3. The summed E-state index contributed by atoms with van der Waals surface area (Å²) < 4.78 is 0. The molecule has 0 spiro atoms. The Morgan fingerprint density at radius 1 is 1.00 bits per heavy atom. The molecular weight excluding hydrogens is 481 g/mol. The minimum atomic E-state index is 0. The SMILES string of the molecule is Cc1ccc2nc(/C=C\c3ccncc3)nc(NC3CCCCC3NC(=N)N)c2c1.Cl.Cl.Cl. The smallest absolute Gasteiger partial charge is 0.185 e. The quantitative estimate of drug-likeness (QED) is 0.284. The van der Waals surface area contributed by atoms with E-state index < -0.39 is 0 Å². The summed E-state index contributed by atoms with van der Waals surface area (Å²) in [4.78, 5) is 13.6. The molecule has 0 bridgehead atoms. The summed E-state index contributed by atoms with van der Waals surface area (Å²) in [5.41, 5.74) is 8.73. The molecule has 1 aliphatic rings. The van der Waals surface area contributed by atoms with E-state index in [9.17, 15) is 0 Å². The van der Waals surface area contributed by atoms with E-state index in [4.69, 9.17) is 21.1 Å². The molecule has 2 aromatic heterocycles. The van der Waals surface area contributed by atoms with Crippen molar-refractivity contribution in [1.82, 2.24) is 20.3 Å². The Bertz CT molecular complexity index is 1080. The van der Waals surface area contributed by atoms with Crippen molar-refractivity contribution in [1.29, 1.82) is 5.41 Å². The highest BCUT2D eigenvalue weighted by Gasteiger charge is 2.26. The second-order valence-corrected chi connectivity index (χ2v) is 7.76. The average molecular weight is 511 g/mol. The van der Waals surface area contributed by atoms with Crippen molar-refractivity contribution < 1.29 is 0 Å². The van der Waals surface area contributed by atoms with E-state index in [2.05, 4.69) is 34.7 Å². The second kappa shape index (κ2) is 13.2. The van der Waals surface area contributed by atoms with Crippen molar-refractivity contribution in [3.05, 3.63) is 59.7 Å². The Morgan fingerprint density at radius 3 is 2.39 bits per heavy atom. The molecule has 3 aromatic rings. The van der Waals surface area contributed by atoms with Crippen molar-refractivity contribution in [2.45, 2.75) is 44.7 Å². The van der Waals surface area contributed by atoms with Gasteiger partial charge in [-0.3, -0.25) is 10.4 Å². The maximum Gasteiger partial charge on any atom is 0.185 e. The third-order valence-corrected chi connectivity index (χ3v) is 5.43. The lowest BCUT2D eigenvalue weighted by Gasteiger charge is -2.33. The molecular formula is C23H30Cl3N7. The van der Waals surface area contributed by atoms with Gasteiger partial charge in [-0.05, 0) is 55.7 Å². The van der Waals surface area contributed by atoms with Crippen LogP contribution in [0.25, 0.3) is 23.1 Å². The predicted octanol–water partition coefficient (Wildman–Crippen LogP) is 4.98. The second-order valence-electron chi connectivity index (χ2n) is 7.76. The van der Waals surface area contributed by atoms with Gasteiger partial charge in [0.05, 0.1) is 5.52 Å². The van der Waals surface area contributed by atoms with E-state index in [0.29, 0.717) is 5.82 Å². The number of nitrogens with one attached hydrogen (secondary N) is 3. The normalized spacial score (nSPS) is 17.4. The van der Waals surface area contributed by atoms with Crippen LogP contribution in [0.2, 0.25) is 0 Å². The molecule has 10 heteroatoms. The molecule has 4 rings (SSSR count). The molecule has 0 amide bonds. The number of aryl methyl sites for hydroxylation is 1. The molecule has 33 heavy (non-hydrogen) atoms. The zero-order chi connectivity index (χ0) is 20.9. The van der Waals surface area contributed by atoms with Crippen LogP contribution in [-0.2, 0) is 0 Å². The zero-order valence-electron chi connectivity index (χ0n) is 18.3. The summed E-state index contributed by atoms with van der Waals surface area (Å²) in [7, 11) is 0. The van der Waals surface area contributed by atoms with Crippen LogP contribution in [0.3, 0.4) is 0 Å². The van der Waals surface area contributed by atoms with Gasteiger partial charge in [-0.1, -0.05) is 30.5 Å². The Hall–Kier alpha value is -2.61. The van der Waals surface area contributed by atoms with Gasteiger partial charge in [-0.15, -0.1) is 37.2 Å². The summed E-state index contributed by atoms with van der Waals surface area (Å²) >= 11 is 0. The van der Waals surface area contributed by atoms with Crippen molar-refractivity contribution in [3.63, 3.8) is 0 Å². The van der Waals surface area contributed by atoms with Gasteiger partial charge in [0.1, 0.15) is 5.82 Å². The van der Waals surface area contributed by atoms with Crippen LogP contribution in [0.5, 0.6) is 0 Å². The summed E-state index contributed by atoms with van der Waals surface area (Å²) in [6.07, 6.45) is 11.7. The maximum absolute atomic E-state index is 7.63. The Morgan fingerprint density at radius 2 is 1.70 bits per heavy atom. The van der Waals surface area contributed by atoms with Gasteiger partial charge in [0, 0.05) is 29.9 Å². The van der Waals surface area contributed by atoms with Gasteiger partial charge in [0.25, 0.3) is 0 Å². The number of benzene rings is 1. The molecule has 178 valence electrons. The molecule has 5 N–H and O–H groups in total. The average Bonchev–Trinajstić information content (AvgIpc) is 2.74. The van der Waals surface area contributed by atoms with Gasteiger partial charge in [0.15, 0.2) is 11.8 Å². The number of nitrogens with two attached hydrogens (primary N) is 1. The molecule has 1 aliphatic carbocycles. The number of anilines is 1. The standard InChI is InChI=1S/C23H27N7.3ClH/c1-15-6-8-18-17(14-15)22(28-19-4-2-3-5-20(19)29-23(24)25)30-21(27-18)9-7-16-10-12-26-13-11-16;;;/h6-14,19-20H,2-5H2,1H3,(H4,24,25,29)(H,27,28,30);3*1H/b9-7-;;;. The van der Waals surface area contributed by atoms with Crippen molar-refractivity contribution >= 4 is 72.1 Å². The molecule has 1 fully saturated rings. The third kappa shape index (κ3) is 7.45. The number of rotatable bonds is 5. The molecule has 0 saturated heterocycles. The molecule has 2 atom stereocenters. The monoisotopic (exact) mass is 509 g/mol. The largest absolute Gasteiger partial charge is 0.370 e. The number of guanidine groups is 1. The molecule has 2 unspecified atom stereocenters. The molecule has 1 saturated carbocycles. The van der Waals surface area contributed by atoms with Crippen LogP contribution < -0.4 is 16.4 Å². The van der Waals surface area contributed by atoms with Gasteiger partial charge in [-0.25, -0.2) is 9.97 Å². The third-order valence-electron chi connectivity index (χ3n) is 5.43. The van der Waals surface area contributed by atoms with Gasteiger partial charge >= 0.3 is 0 Å². The Kier molecular flexibility index (Phi) is 11.4. The van der Waals surface area contributed by atoms with Crippen molar-refractivity contribution in [2.24, 2.45) is 5.73 Å². The number of fused-ring (bicyclic) bond motifs is 1. The van der Waals surface area contributed by atoms with E-state index in [1.165, 1.54) is 0 Å². The first-order valence-corrected chi connectivity index (χ1v) is 10.3. The van der Waals surface area contributed by atoms with Crippen molar-refractivity contribution in [3.8, 4) is 0 Å². The fourth-order valence-electron chi connectivity index (χ4n) is 3.94. The lowest BCUT2D eigenvalue weighted by molar-refractivity contribution is 0.377. The predicted molar refractivity (Wildman–Crippen MR) is 144 cm³/mol. The first-order valence-electron chi connectivity index (χ1n) is 10.3. The lowest BCUT2D eigenvalue weighted by atomic mass is 9.90. The summed E-state index contributed by atoms with van der Waals surface area (Å²) in [6, 6.07) is 10.4. The highest BCUT2D eigenvalue weighted by atomic mass is 35.5. The minimum Gasteiger partial charge on any atom is -0.370 e. The van der Waals surface area contributed by atoms with Crippen LogP contribution in [0.15, 0.2) is 42.7 Å². The maximum atomic E-state index is 7.63. The highest BCUT2D eigenvalue weighted by Crippen LogP contribution is 2.27. The van der Waals surface area contributed by atoms with E-state index in [1.807, 2.05) is 30.4 Å². The number of pyridine rings is 1. The van der Waals surface area contributed by atoms with Crippen LogP contribution in [0, 0.1) is 12.3 Å². The molecule has 0 aliphatic heterocycles. The molecule has 0 radical (unpaired) electrons. The van der Waals surface area contributed by atoms with Crippen LogP contribution >= 0.6 is 37.2 Å². The highest BCUT2D eigenvalue weighted by molar-refractivity contribution is 5.91. The Labute approximate surface area is 212 Å². The lowest BCUT2D eigenvalue weighted by Crippen LogP contribution is -2.50. The van der Waals surface area contributed by atoms with Gasteiger partial charge in [-0.2, -0.15) is 0 Å². The molecule has 7 nitrogen and oxygen atoms in total. The first-order chi connectivity index (χ1) is 14.6. The van der Waals surface area contributed by atoms with E-state index >= 15 is 0 Å². The number of hydrogen-bond acceptors (Lipinski definition) is 5. The number of nitrogens with zero attached hydrogens (tertiary/aromatic N) is 3. The van der Waals surface area contributed by atoms with Gasteiger partial charge in [0.2, 0.25) is 0 Å². The van der Waals surface area contributed by atoms with E-state index in [1.54, 1.807) is 12.4 Å². The molecule has 2 heterocycles. The van der Waals surface area contributed by atoms with Crippen LogP contribution in [-0.4, -0.2) is 33.0 Å². The van der Waals surface area contributed by atoms with Gasteiger partial charge < -0.3 is 16.4 Å². The zero-order valence-corrected chi connectivity index (χ0v) is 20.8. The van der Waals surface area contributed by atoms with E-state index in [-0.39, 0.29) is 55.3 Å². The summed E-state index contributed by atoms with van der Waals surface area (Å²) in [5, 5.41) is 15.4. The Balaban J connectivity index is 0.00000181. The van der Waals surface area contributed by atoms with Crippen LogP contribution in [0.4, 0.5) is 5.82 Å². The topological polar surface area (TPSA) is 113 Å². The summed E-state index contributed by atoms with van der Waals surface area (Å²) in [6.45, 7) is 2.07. The minimum absolute atomic E-state index is 0. The van der Waals surface area contributed by atoms with Crippen LogP contribution in [0.1, 0.15) is 42.6 Å². The summed E-state index contributed by atoms with van der Waals surface area (Å²) in [5.74, 6) is 1.48. The fraction of sp³-hybridized carbons (Fsp3) is 0.304. The number of hydrogen-bond donors (Lipinski definition) is 4. The molecule has 1 aromatic carbocycles. The number of halogens is 3.